The van der Waals surface area contributed by atoms with Gasteiger partial charge >= 0.3 is 0 Å². The number of rotatable bonds is 4. The van der Waals surface area contributed by atoms with Gasteiger partial charge in [-0.15, -0.1) is 11.8 Å². The van der Waals surface area contributed by atoms with Gasteiger partial charge in [0.2, 0.25) is 0 Å². The molecular formula is C18H21NS. The largest absolute Gasteiger partial charge is 0.371 e. The van der Waals surface area contributed by atoms with Gasteiger partial charge in [-0.3, -0.25) is 0 Å². The van der Waals surface area contributed by atoms with Gasteiger partial charge in [0.25, 0.3) is 0 Å². The number of benzene rings is 2. The lowest BCUT2D eigenvalue weighted by Crippen LogP contribution is -2.28. The van der Waals surface area contributed by atoms with Crippen molar-refractivity contribution in [1.29, 1.82) is 0 Å². The van der Waals surface area contributed by atoms with Crippen LogP contribution in [-0.4, -0.2) is 18.8 Å². The van der Waals surface area contributed by atoms with Crippen molar-refractivity contribution < 1.29 is 0 Å². The number of hydrogen-bond acceptors (Lipinski definition) is 2. The average molecular weight is 283 g/mol. The van der Waals surface area contributed by atoms with E-state index in [4.69, 9.17) is 0 Å². The molecule has 1 unspecified atom stereocenters. The van der Waals surface area contributed by atoms with E-state index < -0.39 is 0 Å². The standard InChI is InChI=1S/C18H21NS/c1-3-19(16-10-8-14(2)9-11-16)12-15-13-20-18-7-5-4-6-17(15)18/h4-11,15H,3,12-13H2,1-2H3. The summed E-state index contributed by atoms with van der Waals surface area (Å²) in [6, 6.07) is 17.8. The Morgan fingerprint density at radius 2 is 1.85 bits per heavy atom. The third-order valence-corrected chi connectivity index (χ3v) is 5.27. The molecule has 2 heteroatoms. The lowest BCUT2D eigenvalue weighted by atomic mass is 10.0. The second-order valence-corrected chi connectivity index (χ2v) is 6.48. The zero-order valence-corrected chi connectivity index (χ0v) is 13.0. The maximum absolute atomic E-state index is 2.49. The third-order valence-electron chi connectivity index (χ3n) is 4.02. The molecule has 0 radical (unpaired) electrons. The second-order valence-electron chi connectivity index (χ2n) is 5.42. The first-order chi connectivity index (χ1) is 9.78. The number of fused-ring (bicyclic) bond motifs is 1. The highest BCUT2D eigenvalue weighted by Crippen LogP contribution is 2.40. The van der Waals surface area contributed by atoms with Crippen molar-refractivity contribution in [2.45, 2.75) is 24.7 Å². The lowest BCUT2D eigenvalue weighted by molar-refractivity contribution is 0.711. The van der Waals surface area contributed by atoms with Gasteiger partial charge < -0.3 is 4.90 Å². The minimum absolute atomic E-state index is 0.650. The van der Waals surface area contributed by atoms with E-state index in [9.17, 15) is 0 Å². The molecular weight excluding hydrogens is 262 g/mol. The van der Waals surface area contributed by atoms with Crippen molar-refractivity contribution in [2.24, 2.45) is 0 Å². The fourth-order valence-electron chi connectivity index (χ4n) is 2.82. The van der Waals surface area contributed by atoms with Crippen molar-refractivity contribution in [3.8, 4) is 0 Å². The van der Waals surface area contributed by atoms with E-state index in [0.29, 0.717) is 5.92 Å². The Bertz CT molecular complexity index is 576. The summed E-state index contributed by atoms with van der Waals surface area (Å²) in [5.74, 6) is 1.86. The van der Waals surface area contributed by atoms with Crippen LogP contribution in [0.3, 0.4) is 0 Å². The molecule has 1 atom stereocenters. The molecule has 0 aliphatic carbocycles. The normalized spacial score (nSPS) is 17.0. The third kappa shape index (κ3) is 2.71. The molecule has 2 aromatic rings. The topological polar surface area (TPSA) is 3.24 Å². The van der Waals surface area contributed by atoms with Gasteiger partial charge in [-0.2, -0.15) is 0 Å². The first-order valence-corrected chi connectivity index (χ1v) is 8.30. The SMILES string of the molecule is CCN(CC1CSc2ccccc21)c1ccc(C)cc1. The van der Waals surface area contributed by atoms with Crippen LogP contribution in [-0.2, 0) is 0 Å². The number of anilines is 1. The first-order valence-electron chi connectivity index (χ1n) is 7.31. The minimum Gasteiger partial charge on any atom is -0.371 e. The molecule has 3 rings (SSSR count). The van der Waals surface area contributed by atoms with Crippen molar-refractivity contribution in [3.63, 3.8) is 0 Å². The molecule has 1 aliphatic heterocycles. The van der Waals surface area contributed by atoms with E-state index in [1.807, 2.05) is 11.8 Å². The molecule has 0 aromatic heterocycles. The molecule has 0 bridgehead atoms. The predicted octanol–water partition coefficient (Wildman–Crippen LogP) is 4.71. The summed E-state index contributed by atoms with van der Waals surface area (Å²) >= 11 is 2.00. The van der Waals surface area contributed by atoms with Gasteiger partial charge in [0.15, 0.2) is 0 Å². The van der Waals surface area contributed by atoms with Gasteiger partial charge in [-0.1, -0.05) is 35.9 Å². The monoisotopic (exact) mass is 283 g/mol. The van der Waals surface area contributed by atoms with Crippen molar-refractivity contribution in [1.82, 2.24) is 0 Å². The second kappa shape index (κ2) is 5.92. The van der Waals surface area contributed by atoms with Crippen LogP contribution < -0.4 is 4.90 Å². The maximum Gasteiger partial charge on any atom is 0.0366 e. The van der Waals surface area contributed by atoms with Crippen LogP contribution in [0.2, 0.25) is 0 Å². The first kappa shape index (κ1) is 13.6. The summed E-state index contributed by atoms with van der Waals surface area (Å²) in [6.45, 7) is 6.56. The quantitative estimate of drug-likeness (QED) is 0.799. The molecule has 1 heterocycles. The van der Waals surface area contributed by atoms with E-state index in [0.717, 1.165) is 13.1 Å². The fourth-order valence-corrected chi connectivity index (χ4v) is 4.06. The molecule has 0 N–H and O–H groups in total. The van der Waals surface area contributed by atoms with E-state index >= 15 is 0 Å². The molecule has 0 saturated heterocycles. The molecule has 0 spiro atoms. The number of aryl methyl sites for hydroxylation is 1. The van der Waals surface area contributed by atoms with E-state index in [-0.39, 0.29) is 0 Å². The summed E-state index contributed by atoms with van der Waals surface area (Å²) in [6.07, 6.45) is 0. The Hall–Kier alpha value is -1.41. The Morgan fingerprint density at radius 1 is 1.10 bits per heavy atom. The van der Waals surface area contributed by atoms with Gasteiger partial charge in [0, 0.05) is 35.3 Å². The fraction of sp³-hybridized carbons (Fsp3) is 0.333. The number of nitrogens with zero attached hydrogens (tertiary/aromatic N) is 1. The van der Waals surface area contributed by atoms with Crippen LogP contribution in [0.4, 0.5) is 5.69 Å². The highest BCUT2D eigenvalue weighted by atomic mass is 32.2. The maximum atomic E-state index is 2.49. The van der Waals surface area contributed by atoms with E-state index in [2.05, 4.69) is 67.3 Å². The number of thioether (sulfide) groups is 1. The van der Waals surface area contributed by atoms with Gasteiger partial charge in [0.05, 0.1) is 0 Å². The zero-order valence-electron chi connectivity index (χ0n) is 12.2. The van der Waals surface area contributed by atoms with Gasteiger partial charge in [-0.05, 0) is 37.6 Å². The molecule has 0 fully saturated rings. The number of likely N-dealkylation sites (N-methyl/N-ethyl adjacent to an activating group) is 1. The molecule has 1 aliphatic rings. The van der Waals surface area contributed by atoms with Crippen LogP contribution >= 0.6 is 11.8 Å². The Balaban J connectivity index is 1.78. The van der Waals surface area contributed by atoms with E-state index in [1.165, 1.54) is 27.5 Å². The molecule has 0 saturated carbocycles. The van der Waals surface area contributed by atoms with Crippen LogP contribution in [0.5, 0.6) is 0 Å². The predicted molar refractivity (Wildman–Crippen MR) is 89.0 cm³/mol. The van der Waals surface area contributed by atoms with Crippen LogP contribution in [0, 0.1) is 6.92 Å². The summed E-state index contributed by atoms with van der Waals surface area (Å²) in [5.41, 5.74) is 4.20. The van der Waals surface area contributed by atoms with Crippen molar-refractivity contribution in [2.75, 3.05) is 23.7 Å². The molecule has 104 valence electrons. The Morgan fingerprint density at radius 3 is 2.60 bits per heavy atom. The van der Waals surface area contributed by atoms with Gasteiger partial charge in [-0.25, -0.2) is 0 Å². The van der Waals surface area contributed by atoms with Crippen LogP contribution in [0.1, 0.15) is 24.0 Å². The Kier molecular flexibility index (Phi) is 4.02. The highest BCUT2D eigenvalue weighted by molar-refractivity contribution is 7.99. The summed E-state index contributed by atoms with van der Waals surface area (Å²) in [7, 11) is 0. The Labute approximate surface area is 126 Å². The van der Waals surface area contributed by atoms with Crippen molar-refractivity contribution >= 4 is 17.4 Å². The minimum atomic E-state index is 0.650. The molecule has 20 heavy (non-hydrogen) atoms. The number of hydrogen-bond donors (Lipinski definition) is 0. The van der Waals surface area contributed by atoms with E-state index in [1.54, 1.807) is 0 Å². The average Bonchev–Trinajstić information content (AvgIpc) is 2.89. The van der Waals surface area contributed by atoms with Crippen LogP contribution in [0.25, 0.3) is 0 Å². The smallest absolute Gasteiger partial charge is 0.0366 e. The summed E-state index contributed by atoms with van der Waals surface area (Å²) in [5, 5.41) is 0. The summed E-state index contributed by atoms with van der Waals surface area (Å²) in [4.78, 5) is 3.96. The highest BCUT2D eigenvalue weighted by Gasteiger charge is 2.24. The molecule has 0 amide bonds. The lowest BCUT2D eigenvalue weighted by Gasteiger charge is -2.26. The van der Waals surface area contributed by atoms with Crippen LogP contribution in [0.15, 0.2) is 53.4 Å². The van der Waals surface area contributed by atoms with Gasteiger partial charge in [0.1, 0.15) is 0 Å². The zero-order chi connectivity index (χ0) is 13.9. The summed E-state index contributed by atoms with van der Waals surface area (Å²) < 4.78 is 0. The molecule has 2 aromatic carbocycles. The van der Waals surface area contributed by atoms with Crippen molar-refractivity contribution in [3.05, 3.63) is 59.7 Å². The molecule has 1 nitrogen and oxygen atoms in total.